The van der Waals surface area contributed by atoms with E-state index in [0.29, 0.717) is 26.4 Å². The van der Waals surface area contributed by atoms with Gasteiger partial charge in [-0.15, -0.1) is 18.3 Å². The van der Waals surface area contributed by atoms with Gasteiger partial charge in [-0.05, 0) is 11.1 Å². The fraction of sp³-hybridized carbons (Fsp3) is 0.364. The Morgan fingerprint density at radius 1 is 0.889 bits per heavy atom. The van der Waals surface area contributed by atoms with Gasteiger partial charge in [-0.1, -0.05) is 66.7 Å². The van der Waals surface area contributed by atoms with Gasteiger partial charge in [-0.2, -0.15) is 0 Å². The molecule has 1 heterocycles. The Kier molecular flexibility index (Phi) is 7.93. The van der Waals surface area contributed by atoms with Crippen molar-refractivity contribution in [3.63, 3.8) is 0 Å². The smallest absolute Gasteiger partial charge is 0.128 e. The van der Waals surface area contributed by atoms with Crippen molar-refractivity contribution in [2.45, 2.75) is 36.1 Å². The van der Waals surface area contributed by atoms with Crippen LogP contribution in [-0.2, 0) is 27.4 Å². The molecule has 27 heavy (non-hydrogen) atoms. The minimum Gasteiger partial charge on any atom is -0.380 e. The number of aliphatic hydroxyl groups excluding tert-OH is 1. The van der Waals surface area contributed by atoms with E-state index in [4.69, 9.17) is 14.2 Å². The Morgan fingerprint density at radius 2 is 1.52 bits per heavy atom. The van der Waals surface area contributed by atoms with Crippen LogP contribution >= 0.6 is 11.8 Å². The predicted molar refractivity (Wildman–Crippen MR) is 108 cm³/mol. The Hall–Kier alpha value is -1.63. The van der Waals surface area contributed by atoms with Crippen LogP contribution in [0.25, 0.3) is 0 Å². The third-order valence-corrected chi connectivity index (χ3v) is 5.67. The van der Waals surface area contributed by atoms with E-state index >= 15 is 0 Å². The van der Waals surface area contributed by atoms with Crippen molar-refractivity contribution >= 4 is 11.8 Å². The second-order valence-electron chi connectivity index (χ2n) is 6.41. The zero-order chi connectivity index (χ0) is 18.9. The van der Waals surface area contributed by atoms with E-state index in [9.17, 15) is 5.11 Å². The van der Waals surface area contributed by atoms with Gasteiger partial charge in [-0.3, -0.25) is 0 Å². The maximum Gasteiger partial charge on any atom is 0.128 e. The highest BCUT2D eigenvalue weighted by molar-refractivity contribution is 8.00. The molecule has 0 saturated carbocycles. The Balaban J connectivity index is 1.59. The molecule has 1 fully saturated rings. The van der Waals surface area contributed by atoms with Crippen molar-refractivity contribution in [3.8, 4) is 0 Å². The molecule has 4 atom stereocenters. The molecule has 1 saturated heterocycles. The van der Waals surface area contributed by atoms with Crippen LogP contribution in [0.4, 0.5) is 0 Å². The molecule has 3 rings (SSSR count). The lowest BCUT2D eigenvalue weighted by atomic mass is 10.1. The number of ether oxygens (including phenoxy) is 3. The van der Waals surface area contributed by atoms with Gasteiger partial charge in [0.2, 0.25) is 0 Å². The molecule has 2 aromatic carbocycles. The van der Waals surface area contributed by atoms with Crippen molar-refractivity contribution in [2.24, 2.45) is 0 Å². The summed E-state index contributed by atoms with van der Waals surface area (Å²) in [5.74, 6) is 0. The minimum absolute atomic E-state index is 0.00207. The van der Waals surface area contributed by atoms with Gasteiger partial charge in [0.15, 0.2) is 0 Å². The summed E-state index contributed by atoms with van der Waals surface area (Å²) in [6.45, 7) is 5.57. The van der Waals surface area contributed by atoms with Crippen molar-refractivity contribution in [2.75, 3.05) is 13.2 Å². The number of benzene rings is 2. The van der Waals surface area contributed by atoms with E-state index < -0.39 is 11.5 Å². The molecule has 0 aliphatic carbocycles. The molecule has 0 bridgehead atoms. The van der Waals surface area contributed by atoms with Crippen LogP contribution in [0.3, 0.4) is 0 Å². The average Bonchev–Trinajstić information content (AvgIpc) is 3.00. The van der Waals surface area contributed by atoms with Gasteiger partial charge in [-0.25, -0.2) is 0 Å². The van der Waals surface area contributed by atoms with Gasteiger partial charge in [0.05, 0.1) is 31.7 Å². The van der Waals surface area contributed by atoms with Crippen LogP contribution in [0, 0.1) is 0 Å². The second-order valence-corrected chi connectivity index (χ2v) is 7.77. The lowest BCUT2D eigenvalue weighted by molar-refractivity contribution is -0.0953. The Bertz CT molecular complexity index is 679. The van der Waals surface area contributed by atoms with E-state index in [-0.39, 0.29) is 11.4 Å². The van der Waals surface area contributed by atoms with Gasteiger partial charge in [0.1, 0.15) is 17.6 Å². The maximum atomic E-state index is 10.4. The van der Waals surface area contributed by atoms with Crippen molar-refractivity contribution in [1.29, 1.82) is 0 Å². The lowest BCUT2D eigenvalue weighted by Crippen LogP contribution is -2.39. The predicted octanol–water partition coefficient (Wildman–Crippen LogP) is 3.79. The highest BCUT2D eigenvalue weighted by Gasteiger charge is 2.45. The summed E-state index contributed by atoms with van der Waals surface area (Å²) in [6, 6.07) is 20.1. The number of thioether (sulfide) groups is 1. The van der Waals surface area contributed by atoms with Gasteiger partial charge >= 0.3 is 0 Å². The van der Waals surface area contributed by atoms with Gasteiger partial charge in [0.25, 0.3) is 0 Å². The molecule has 1 aliphatic heterocycles. The number of rotatable bonds is 10. The number of hydrogen-bond acceptors (Lipinski definition) is 5. The van der Waals surface area contributed by atoms with Crippen LogP contribution in [0.1, 0.15) is 11.1 Å². The SMILES string of the molecule is C=CCO[C@@H]1C(O)S[C@H](COCc2ccccc2)[C@H]1OCc1ccccc1. The molecule has 0 spiro atoms. The molecule has 2 aromatic rings. The summed E-state index contributed by atoms with van der Waals surface area (Å²) >= 11 is 1.45. The molecular weight excluding hydrogens is 360 g/mol. The average molecular weight is 387 g/mol. The topological polar surface area (TPSA) is 47.9 Å². The van der Waals surface area contributed by atoms with E-state index in [2.05, 4.69) is 6.58 Å². The van der Waals surface area contributed by atoms with E-state index in [1.54, 1.807) is 6.08 Å². The summed E-state index contributed by atoms with van der Waals surface area (Å²) in [5.41, 5.74) is 1.58. The summed E-state index contributed by atoms with van der Waals surface area (Å²) in [5, 5.41) is 10.4. The van der Waals surface area contributed by atoms with Crippen molar-refractivity contribution in [3.05, 3.63) is 84.4 Å². The van der Waals surface area contributed by atoms with Crippen LogP contribution in [-0.4, -0.2) is 41.2 Å². The Morgan fingerprint density at radius 3 is 2.15 bits per heavy atom. The van der Waals surface area contributed by atoms with Gasteiger partial charge in [0, 0.05) is 0 Å². The monoisotopic (exact) mass is 386 g/mol. The highest BCUT2D eigenvalue weighted by Crippen LogP contribution is 2.37. The van der Waals surface area contributed by atoms with E-state index in [1.165, 1.54) is 11.8 Å². The standard InChI is InChI=1S/C22H26O4S/c1-2-13-25-21-20(26-15-18-11-7-4-8-12-18)19(27-22(21)23)16-24-14-17-9-5-3-6-10-17/h2-12,19-23H,1,13-16H2/t19-,20-,21+,22?/m1/s1. The van der Waals surface area contributed by atoms with Crippen LogP contribution in [0.5, 0.6) is 0 Å². The molecule has 0 radical (unpaired) electrons. The number of aliphatic hydroxyl groups is 1. The normalized spacial score (nSPS) is 24.8. The minimum atomic E-state index is -0.643. The molecule has 1 aliphatic rings. The summed E-state index contributed by atoms with van der Waals surface area (Å²) in [7, 11) is 0. The summed E-state index contributed by atoms with van der Waals surface area (Å²) in [4.78, 5) is 0. The quantitative estimate of drug-likeness (QED) is 0.630. The first-order valence-electron chi connectivity index (χ1n) is 9.11. The van der Waals surface area contributed by atoms with Gasteiger partial charge < -0.3 is 19.3 Å². The molecule has 1 N–H and O–H groups in total. The first-order chi connectivity index (χ1) is 13.3. The zero-order valence-electron chi connectivity index (χ0n) is 15.3. The summed E-state index contributed by atoms with van der Waals surface area (Å²) in [6.07, 6.45) is 1.04. The molecule has 144 valence electrons. The fourth-order valence-electron chi connectivity index (χ4n) is 3.03. The third kappa shape index (κ3) is 5.92. The zero-order valence-corrected chi connectivity index (χ0v) is 16.1. The Labute approximate surface area is 165 Å². The first-order valence-corrected chi connectivity index (χ1v) is 10.1. The highest BCUT2D eigenvalue weighted by atomic mass is 32.2. The molecule has 5 heteroatoms. The van der Waals surface area contributed by atoms with E-state index in [0.717, 1.165) is 11.1 Å². The molecule has 4 nitrogen and oxygen atoms in total. The maximum absolute atomic E-state index is 10.4. The third-order valence-electron chi connectivity index (χ3n) is 4.37. The number of hydrogen-bond donors (Lipinski definition) is 1. The largest absolute Gasteiger partial charge is 0.380 e. The van der Waals surface area contributed by atoms with Crippen molar-refractivity contribution in [1.82, 2.24) is 0 Å². The molecule has 0 amide bonds. The van der Waals surface area contributed by atoms with Crippen LogP contribution < -0.4 is 0 Å². The molecular formula is C22H26O4S. The fourth-order valence-corrected chi connectivity index (χ4v) is 4.34. The molecule has 1 unspecified atom stereocenters. The van der Waals surface area contributed by atoms with E-state index in [1.807, 2.05) is 60.7 Å². The lowest BCUT2D eigenvalue weighted by Gasteiger charge is -2.25. The first kappa shape index (κ1) is 20.1. The second kappa shape index (κ2) is 10.6. The molecule has 0 aromatic heterocycles. The van der Waals surface area contributed by atoms with Crippen LogP contribution in [0.15, 0.2) is 73.3 Å². The van der Waals surface area contributed by atoms with Crippen molar-refractivity contribution < 1.29 is 19.3 Å². The summed E-state index contributed by atoms with van der Waals surface area (Å²) < 4.78 is 17.9. The van der Waals surface area contributed by atoms with Crippen LogP contribution in [0.2, 0.25) is 0 Å².